The maximum absolute atomic E-state index is 12.3. The first-order valence-electron chi connectivity index (χ1n) is 13.3. The Hall–Kier alpha value is -2.31. The van der Waals surface area contributed by atoms with Crippen molar-refractivity contribution in [2.75, 3.05) is 0 Å². The van der Waals surface area contributed by atoms with Gasteiger partial charge in [0.1, 0.15) is 0 Å². The first-order chi connectivity index (χ1) is 18.0. The van der Waals surface area contributed by atoms with Crippen molar-refractivity contribution in [3.05, 3.63) is 125 Å². The minimum absolute atomic E-state index is 0.0152. The molecule has 0 aliphatic heterocycles. The molecular weight excluding hydrogens is 632 g/mol. The number of carbonyl (C=O) groups excluding carboxylic acids is 1. The Bertz CT molecular complexity index is 1200. The van der Waals surface area contributed by atoms with Crippen LogP contribution in [0.15, 0.2) is 97.1 Å². The summed E-state index contributed by atoms with van der Waals surface area (Å²) in [6.45, 7) is 8.34. The quantitative estimate of drug-likeness (QED) is 0.253. The Morgan fingerprint density at radius 2 is 0.868 bits per heavy atom. The predicted molar refractivity (Wildman–Crippen MR) is 165 cm³/mol. The van der Waals surface area contributed by atoms with Crippen LogP contribution in [0.3, 0.4) is 0 Å². The van der Waals surface area contributed by atoms with Crippen molar-refractivity contribution >= 4 is 52.2 Å². The van der Waals surface area contributed by atoms with Gasteiger partial charge in [0.15, 0.2) is 0 Å². The Morgan fingerprint density at radius 1 is 0.605 bits per heavy atom. The van der Waals surface area contributed by atoms with Gasteiger partial charge in [-0.3, -0.25) is 0 Å². The van der Waals surface area contributed by atoms with E-state index in [1.165, 1.54) is 29.9 Å². The van der Waals surface area contributed by atoms with Gasteiger partial charge in [-0.15, -0.1) is 0 Å². The van der Waals surface area contributed by atoms with Crippen LogP contribution in [0.4, 0.5) is 0 Å². The summed E-state index contributed by atoms with van der Waals surface area (Å²) in [5, 5.41) is 12.3. The third kappa shape index (κ3) is 7.41. The number of aryl methyl sites for hydroxylation is 4. The molecule has 1 unspecified atom stereocenters. The molecule has 1 atom stereocenters. The van der Waals surface area contributed by atoms with E-state index in [4.69, 9.17) is 0 Å². The molecular formula is C34H40GeO2Sn. The standard InChI is InChI=1S/C31H32GeO2.3CH3.Sn/c1-22-5-13-26(14-6-22)30(21-31(33)34)32(27-15-7-23(2)8-16-27,28-17-9-24(3)10-18-28)29-19-11-25(4)12-20-29;;;;/h5-20,30H,21H2,1-4H3,(H,33,34);3*1H3;/q;;;;+1/p-1. The van der Waals surface area contributed by atoms with Gasteiger partial charge in [0, 0.05) is 0 Å². The van der Waals surface area contributed by atoms with E-state index >= 15 is 0 Å². The zero-order valence-corrected chi connectivity index (χ0v) is 28.8. The van der Waals surface area contributed by atoms with Gasteiger partial charge in [0.25, 0.3) is 0 Å². The molecule has 0 fully saturated rings. The van der Waals surface area contributed by atoms with Crippen molar-refractivity contribution < 1.29 is 9.90 Å². The molecule has 0 bridgehead atoms. The number of carbonyl (C=O) groups is 1. The molecule has 0 heterocycles. The van der Waals surface area contributed by atoms with Gasteiger partial charge in [0.05, 0.1) is 0 Å². The number of hydrogen-bond acceptors (Lipinski definition) is 2. The van der Waals surface area contributed by atoms with E-state index in [1.807, 2.05) is 0 Å². The molecule has 0 aliphatic carbocycles. The van der Waals surface area contributed by atoms with Crippen LogP contribution in [0.1, 0.15) is 39.0 Å². The minimum atomic E-state index is -3.62. The van der Waals surface area contributed by atoms with E-state index in [2.05, 4.69) is 140 Å². The second kappa shape index (κ2) is 13.7. The fraction of sp³-hybridized carbons (Fsp3) is 0.265. The SMILES string of the molecule is Cc1ccc([CH](CC(=O)[O-])[Ge]([c]2ccc(C)cc2)([c]2ccc(C)cc2)[c]2ccc(C)cc2)cc1.[CH3][Sn+]([CH3])[CH3]. The van der Waals surface area contributed by atoms with Crippen molar-refractivity contribution in [1.29, 1.82) is 0 Å². The zero-order chi connectivity index (χ0) is 27.9. The molecule has 196 valence electrons. The van der Waals surface area contributed by atoms with E-state index in [0.717, 1.165) is 11.1 Å². The second-order valence-corrected chi connectivity index (χ2v) is 28.0. The van der Waals surface area contributed by atoms with Gasteiger partial charge in [-0.1, -0.05) is 0 Å². The maximum atomic E-state index is 12.3. The van der Waals surface area contributed by atoms with E-state index in [0.29, 0.717) is 0 Å². The monoisotopic (exact) mass is 674 g/mol. The van der Waals surface area contributed by atoms with Gasteiger partial charge in [-0.25, -0.2) is 0 Å². The van der Waals surface area contributed by atoms with Crippen LogP contribution in [-0.4, -0.2) is 39.0 Å². The molecule has 0 aromatic heterocycles. The fourth-order valence-corrected chi connectivity index (χ4v) is 16.5. The molecule has 0 radical (unpaired) electrons. The molecule has 0 amide bonds. The van der Waals surface area contributed by atoms with Gasteiger partial charge in [-0.05, 0) is 0 Å². The second-order valence-electron chi connectivity index (χ2n) is 10.9. The van der Waals surface area contributed by atoms with Gasteiger partial charge < -0.3 is 0 Å². The van der Waals surface area contributed by atoms with Gasteiger partial charge >= 0.3 is 241 Å². The molecule has 2 nitrogen and oxygen atoms in total. The predicted octanol–water partition coefficient (Wildman–Crippen LogP) is 5.22. The van der Waals surface area contributed by atoms with Crippen molar-refractivity contribution in [3.8, 4) is 0 Å². The first-order valence-corrected chi connectivity index (χ1v) is 26.2. The van der Waals surface area contributed by atoms with Crippen molar-refractivity contribution in [2.45, 2.75) is 53.7 Å². The van der Waals surface area contributed by atoms with E-state index < -0.39 is 39.0 Å². The third-order valence-electron chi connectivity index (χ3n) is 6.89. The number of carboxylic acids is 1. The summed E-state index contributed by atoms with van der Waals surface area (Å²) in [6.07, 6.45) is -0.0152. The van der Waals surface area contributed by atoms with E-state index in [-0.39, 0.29) is 11.2 Å². The van der Waals surface area contributed by atoms with Crippen LogP contribution in [-0.2, 0) is 4.79 Å². The summed E-state index contributed by atoms with van der Waals surface area (Å²) >= 11 is -4.16. The van der Waals surface area contributed by atoms with Crippen molar-refractivity contribution in [1.82, 2.24) is 0 Å². The van der Waals surface area contributed by atoms with E-state index in [1.54, 1.807) is 0 Å². The number of hydrogen-bond donors (Lipinski definition) is 0. The normalized spacial score (nSPS) is 11.8. The fourth-order valence-electron chi connectivity index (χ4n) is 5.04. The molecule has 4 heteroatoms. The summed E-state index contributed by atoms with van der Waals surface area (Å²) in [6, 6.07) is 34.7. The van der Waals surface area contributed by atoms with Gasteiger partial charge in [-0.2, -0.15) is 0 Å². The van der Waals surface area contributed by atoms with Crippen LogP contribution in [0.5, 0.6) is 0 Å². The van der Waals surface area contributed by atoms with Crippen LogP contribution in [0, 0.1) is 27.7 Å². The van der Waals surface area contributed by atoms with Crippen LogP contribution in [0.25, 0.3) is 0 Å². The number of benzene rings is 4. The molecule has 0 spiro atoms. The molecule has 4 aromatic carbocycles. The Morgan fingerprint density at radius 3 is 1.13 bits per heavy atom. The zero-order valence-electron chi connectivity index (χ0n) is 23.8. The number of carboxylic acid groups (broad SMARTS) is 1. The molecule has 38 heavy (non-hydrogen) atoms. The van der Waals surface area contributed by atoms with Gasteiger partial charge in [0.2, 0.25) is 0 Å². The summed E-state index contributed by atoms with van der Waals surface area (Å²) < 4.78 is 3.58. The van der Waals surface area contributed by atoms with Crippen LogP contribution >= 0.6 is 0 Å². The Kier molecular flexibility index (Phi) is 10.9. The summed E-state index contributed by atoms with van der Waals surface area (Å²) in [4.78, 5) is 19.4. The molecule has 0 aliphatic rings. The molecule has 4 aromatic rings. The average molecular weight is 672 g/mol. The number of rotatable bonds is 7. The van der Waals surface area contributed by atoms with Crippen LogP contribution < -0.4 is 18.3 Å². The average Bonchev–Trinajstić information content (AvgIpc) is 2.87. The topological polar surface area (TPSA) is 40.1 Å². The van der Waals surface area contributed by atoms with Crippen molar-refractivity contribution in [2.24, 2.45) is 0 Å². The third-order valence-corrected chi connectivity index (χ3v) is 18.0. The molecule has 0 saturated carbocycles. The summed E-state index contributed by atoms with van der Waals surface area (Å²) in [5.41, 5.74) is 5.81. The van der Waals surface area contributed by atoms with Crippen molar-refractivity contribution in [3.63, 3.8) is 0 Å². The Labute approximate surface area is 239 Å². The summed E-state index contributed by atoms with van der Waals surface area (Å²) in [5.74, 6) is -1.01. The molecule has 4 rings (SSSR count). The van der Waals surface area contributed by atoms with Crippen LogP contribution in [0.2, 0.25) is 14.8 Å². The van der Waals surface area contributed by atoms with E-state index in [9.17, 15) is 9.90 Å². The summed E-state index contributed by atoms with van der Waals surface area (Å²) in [7, 11) is 0. The Balaban J connectivity index is 0.000000934. The molecule has 0 saturated heterocycles. The molecule has 0 N–H and O–H groups in total. The first kappa shape index (κ1) is 30.2. The number of aliphatic carboxylic acids is 1.